The van der Waals surface area contributed by atoms with Crippen molar-refractivity contribution in [2.45, 2.75) is 24.5 Å². The summed E-state index contributed by atoms with van der Waals surface area (Å²) in [5.41, 5.74) is 13.5. The van der Waals surface area contributed by atoms with Crippen LogP contribution < -0.4 is 0 Å². The first-order valence-corrected chi connectivity index (χ1v) is 27.3. The SMILES string of the molecule is O=[SH]1(c2ccccc2)c2ccc(-n3c4ccccc4c4cc5c6ccccc6n(-c6ccccc6)c5cc43)cc2Sc2cc(-n3c4ccccc4c4cc5c6ccccc6n(-c6ccccc6)c5cc43)ccc21. The molecule has 1 aliphatic rings. The van der Waals surface area contributed by atoms with Crippen molar-refractivity contribution in [2.24, 2.45) is 0 Å². The van der Waals surface area contributed by atoms with Crippen LogP contribution in [-0.4, -0.2) is 22.5 Å². The van der Waals surface area contributed by atoms with Gasteiger partial charge in [-0.1, -0.05) is 139 Å². The minimum absolute atomic E-state index is 0.833. The Balaban J connectivity index is 0.918. The van der Waals surface area contributed by atoms with Gasteiger partial charge in [0.1, 0.15) is 0 Å². The van der Waals surface area contributed by atoms with Crippen molar-refractivity contribution < 1.29 is 4.21 Å². The zero-order valence-corrected chi connectivity index (χ0v) is 40.9. The Hall–Kier alpha value is -8.88. The van der Waals surface area contributed by atoms with E-state index in [1.54, 1.807) is 11.8 Å². The number of para-hydroxylation sites is 6. The number of aromatic nitrogens is 4. The third-order valence-corrected chi connectivity index (χ3v) is 20.0. The van der Waals surface area contributed by atoms with Gasteiger partial charge in [0.05, 0.1) is 44.1 Å². The van der Waals surface area contributed by atoms with E-state index in [9.17, 15) is 0 Å². The van der Waals surface area contributed by atoms with Crippen molar-refractivity contribution in [2.75, 3.05) is 0 Å². The van der Waals surface area contributed by atoms with Crippen LogP contribution >= 0.6 is 11.8 Å². The first-order chi connectivity index (χ1) is 36.1. The summed E-state index contributed by atoms with van der Waals surface area (Å²) in [4.78, 5) is 4.56. The third kappa shape index (κ3) is 5.72. The number of fused-ring (bicyclic) bond motifs is 14. The molecule has 16 rings (SSSR count). The average Bonchev–Trinajstić information content (AvgIpc) is 4.16. The summed E-state index contributed by atoms with van der Waals surface area (Å²) < 4.78 is 26.1. The topological polar surface area (TPSA) is 36.8 Å². The second-order valence-corrected chi connectivity index (χ2v) is 23.0. The van der Waals surface area contributed by atoms with Crippen LogP contribution in [-0.2, 0) is 9.93 Å². The van der Waals surface area contributed by atoms with Crippen LogP contribution in [0.5, 0.6) is 0 Å². The molecule has 11 aromatic carbocycles. The standard InChI is InChI=1S/C66H42N4OS2/c71-73(46-22-8-3-9-23-46)65-34-32-44(69-57-30-16-12-26-49(57)53-38-51-47-24-10-14-28-55(47)67(59(51)40-61(53)69)42-18-4-1-5-19-42)36-63(65)72-64-37-45(33-35-66(64)73)70-58-31-17-13-27-50(58)54-39-52-48-25-11-15-29-56(48)68(60(52)41-62(54)70)43-20-6-2-7-21-43/h1-41,73H. The highest BCUT2D eigenvalue weighted by molar-refractivity contribution is 8.07. The fraction of sp³-hybridized carbons (Fsp3) is 0. The highest BCUT2D eigenvalue weighted by Gasteiger charge is 2.34. The predicted octanol–water partition coefficient (Wildman–Crippen LogP) is 17.0. The largest absolute Gasteiger partial charge is 0.309 e. The lowest BCUT2D eigenvalue weighted by molar-refractivity contribution is 0.665. The Labute approximate surface area is 424 Å². The van der Waals surface area contributed by atoms with E-state index in [1.165, 1.54) is 54.1 Å². The van der Waals surface area contributed by atoms with Gasteiger partial charge in [0.15, 0.2) is 0 Å². The minimum Gasteiger partial charge on any atom is -0.309 e. The van der Waals surface area contributed by atoms with Gasteiger partial charge >= 0.3 is 0 Å². The normalized spacial score (nSPS) is 13.8. The van der Waals surface area contributed by atoms with Gasteiger partial charge in [0.25, 0.3) is 0 Å². The van der Waals surface area contributed by atoms with Crippen LogP contribution in [0.25, 0.3) is 110 Å². The monoisotopic (exact) mass is 970 g/mol. The van der Waals surface area contributed by atoms with Gasteiger partial charge in [-0.05, 0) is 131 Å². The summed E-state index contributed by atoms with van der Waals surface area (Å²) >= 11 is 1.73. The maximum atomic E-state index is 16.5. The maximum Gasteiger partial charge on any atom is 0.0562 e. The van der Waals surface area contributed by atoms with Crippen LogP contribution in [0.4, 0.5) is 0 Å². The summed E-state index contributed by atoms with van der Waals surface area (Å²) in [5, 5.41) is 9.67. The zero-order valence-electron chi connectivity index (χ0n) is 39.2. The van der Waals surface area contributed by atoms with Gasteiger partial charge in [-0.15, -0.1) is 0 Å². The van der Waals surface area contributed by atoms with Crippen molar-refractivity contribution >= 4 is 109 Å². The number of nitrogens with zero attached hydrogens (tertiary/aromatic N) is 4. The molecule has 5 heterocycles. The van der Waals surface area contributed by atoms with Crippen molar-refractivity contribution in [3.05, 3.63) is 249 Å². The molecular formula is C66H42N4OS2. The molecular weight excluding hydrogens is 929 g/mol. The lowest BCUT2D eigenvalue weighted by atomic mass is 10.1. The fourth-order valence-electron chi connectivity index (χ4n) is 12.3. The molecule has 73 heavy (non-hydrogen) atoms. The molecule has 7 heteroatoms. The van der Waals surface area contributed by atoms with E-state index >= 15 is 4.21 Å². The van der Waals surface area contributed by atoms with Gasteiger partial charge in [0.2, 0.25) is 0 Å². The Kier molecular flexibility index (Phi) is 8.56. The number of hydrogen-bond acceptors (Lipinski definition) is 2. The second kappa shape index (κ2) is 15.3. The molecule has 5 nitrogen and oxygen atoms in total. The Morgan fingerprint density at radius 2 is 0.575 bits per heavy atom. The summed E-state index contributed by atoms with van der Waals surface area (Å²) in [7, 11) is -3.36. The van der Waals surface area contributed by atoms with Gasteiger partial charge in [0, 0.05) is 90.3 Å². The van der Waals surface area contributed by atoms with E-state index in [1.807, 2.05) is 30.3 Å². The van der Waals surface area contributed by atoms with E-state index < -0.39 is 9.93 Å². The second-order valence-electron chi connectivity index (χ2n) is 19.2. The molecule has 0 bridgehead atoms. The molecule has 15 aromatic rings. The summed E-state index contributed by atoms with van der Waals surface area (Å²) in [5.74, 6) is 0. The minimum atomic E-state index is -3.36. The number of hydrogen-bond donors (Lipinski definition) is 1. The van der Waals surface area contributed by atoms with E-state index in [2.05, 4.69) is 237 Å². The molecule has 0 N–H and O–H groups in total. The molecule has 0 unspecified atom stereocenters. The molecule has 4 aromatic heterocycles. The van der Waals surface area contributed by atoms with Gasteiger partial charge in [-0.3, -0.25) is 4.21 Å². The van der Waals surface area contributed by atoms with E-state index in [4.69, 9.17) is 0 Å². The van der Waals surface area contributed by atoms with Crippen LogP contribution in [0.3, 0.4) is 0 Å². The molecule has 0 aliphatic carbocycles. The van der Waals surface area contributed by atoms with Crippen LogP contribution in [0.1, 0.15) is 0 Å². The van der Waals surface area contributed by atoms with Crippen molar-refractivity contribution in [1.29, 1.82) is 0 Å². The highest BCUT2D eigenvalue weighted by atomic mass is 32.2. The smallest absolute Gasteiger partial charge is 0.0562 e. The Bertz CT molecular complexity index is 4570. The third-order valence-electron chi connectivity index (χ3n) is 15.4. The van der Waals surface area contributed by atoms with Crippen LogP contribution in [0.15, 0.2) is 273 Å². The van der Waals surface area contributed by atoms with Crippen molar-refractivity contribution in [3.8, 4) is 22.7 Å². The summed E-state index contributed by atoms with van der Waals surface area (Å²) in [6, 6.07) is 89.1. The quantitative estimate of drug-likeness (QED) is 0.175. The molecule has 0 saturated heterocycles. The first-order valence-electron chi connectivity index (χ1n) is 24.8. The molecule has 0 saturated carbocycles. The fourth-order valence-corrected chi connectivity index (χ4v) is 17.0. The number of rotatable bonds is 5. The zero-order chi connectivity index (χ0) is 47.9. The molecule has 0 amide bonds. The Morgan fingerprint density at radius 3 is 0.945 bits per heavy atom. The molecule has 1 aliphatic heterocycles. The number of thiol groups is 1. The molecule has 344 valence electrons. The van der Waals surface area contributed by atoms with Gasteiger partial charge < -0.3 is 18.3 Å². The van der Waals surface area contributed by atoms with Crippen LogP contribution in [0, 0.1) is 0 Å². The van der Waals surface area contributed by atoms with E-state index in [0.29, 0.717) is 0 Å². The molecule has 0 spiro atoms. The van der Waals surface area contributed by atoms with Crippen molar-refractivity contribution in [3.63, 3.8) is 0 Å². The van der Waals surface area contributed by atoms with Gasteiger partial charge in [-0.2, -0.15) is 0 Å². The van der Waals surface area contributed by atoms with Crippen molar-refractivity contribution in [1.82, 2.24) is 18.3 Å². The van der Waals surface area contributed by atoms with E-state index in [-0.39, 0.29) is 0 Å². The maximum absolute atomic E-state index is 16.5. The Morgan fingerprint density at radius 1 is 0.260 bits per heavy atom. The number of benzene rings is 11. The lowest BCUT2D eigenvalue weighted by Gasteiger charge is -2.33. The lowest BCUT2D eigenvalue weighted by Crippen LogP contribution is -2.19. The van der Waals surface area contributed by atoms with Gasteiger partial charge in [-0.25, -0.2) is 0 Å². The van der Waals surface area contributed by atoms with Crippen LogP contribution in [0.2, 0.25) is 0 Å². The predicted molar refractivity (Wildman–Crippen MR) is 305 cm³/mol. The summed E-state index contributed by atoms with van der Waals surface area (Å²) in [6.45, 7) is 0. The molecule has 0 fully saturated rings. The highest BCUT2D eigenvalue weighted by Crippen LogP contribution is 2.53. The first kappa shape index (κ1) is 40.8. The summed E-state index contributed by atoms with van der Waals surface area (Å²) in [6.07, 6.45) is 0. The molecule has 0 atom stereocenters. The molecule has 0 radical (unpaired) electrons. The average molecular weight is 971 g/mol. The van der Waals surface area contributed by atoms with E-state index in [0.717, 1.165) is 80.3 Å².